The molecule has 1 aromatic heterocycles. The number of rotatable bonds is 6. The number of aromatic nitrogens is 1. The molecule has 1 atom stereocenters. The Morgan fingerprint density at radius 2 is 1.83 bits per heavy atom. The Balaban J connectivity index is 1.45. The van der Waals surface area contributed by atoms with Gasteiger partial charge in [-0.2, -0.15) is 4.31 Å². The van der Waals surface area contributed by atoms with Crippen molar-refractivity contribution < 1.29 is 17.9 Å². The molecule has 36 heavy (non-hydrogen) atoms. The molecule has 0 N–H and O–H groups in total. The largest absolute Gasteiger partial charge is 0.376 e. The molecule has 2 aliphatic rings. The number of fused-ring (bicyclic) bond motifs is 1. The fourth-order valence-corrected chi connectivity index (χ4v) is 7.64. The van der Waals surface area contributed by atoms with Gasteiger partial charge in [-0.1, -0.05) is 41.8 Å². The zero-order valence-electron chi connectivity index (χ0n) is 20.3. The van der Waals surface area contributed by atoms with E-state index in [0.717, 1.165) is 54.3 Å². The van der Waals surface area contributed by atoms with Crippen molar-refractivity contribution in [2.45, 2.75) is 56.4 Å². The first-order valence-electron chi connectivity index (χ1n) is 12.4. The van der Waals surface area contributed by atoms with Crippen LogP contribution in [-0.2, 0) is 14.8 Å². The molecule has 2 saturated heterocycles. The fourth-order valence-electron chi connectivity index (χ4n) is 4.80. The van der Waals surface area contributed by atoms with Gasteiger partial charge in [0.1, 0.15) is 0 Å². The molecule has 2 aromatic carbocycles. The van der Waals surface area contributed by atoms with Crippen molar-refractivity contribution in [2.24, 2.45) is 0 Å². The van der Waals surface area contributed by atoms with E-state index >= 15 is 0 Å². The number of hydrogen-bond acceptors (Lipinski definition) is 6. The monoisotopic (exact) mass is 547 g/mol. The van der Waals surface area contributed by atoms with Gasteiger partial charge in [0, 0.05) is 25.3 Å². The summed E-state index contributed by atoms with van der Waals surface area (Å²) < 4.78 is 34.6. The minimum atomic E-state index is -3.58. The maximum Gasteiger partial charge on any atom is 0.260 e. The molecule has 192 valence electrons. The minimum Gasteiger partial charge on any atom is -0.376 e. The number of benzene rings is 2. The Kier molecular flexibility index (Phi) is 7.65. The van der Waals surface area contributed by atoms with Gasteiger partial charge in [-0.05, 0) is 68.5 Å². The van der Waals surface area contributed by atoms with Crippen molar-refractivity contribution in [3.63, 3.8) is 0 Å². The van der Waals surface area contributed by atoms with E-state index in [-0.39, 0.29) is 16.9 Å². The van der Waals surface area contributed by atoms with Crippen LogP contribution in [0.5, 0.6) is 0 Å². The van der Waals surface area contributed by atoms with Crippen LogP contribution in [0.2, 0.25) is 5.02 Å². The minimum absolute atomic E-state index is 0.0692. The number of nitrogens with zero attached hydrogens (tertiary/aromatic N) is 3. The summed E-state index contributed by atoms with van der Waals surface area (Å²) in [5.74, 6) is -0.239. The highest BCUT2D eigenvalue weighted by molar-refractivity contribution is 7.89. The van der Waals surface area contributed by atoms with Gasteiger partial charge in [0.05, 0.1) is 32.8 Å². The fraction of sp³-hybridized carbons (Fsp3) is 0.462. The van der Waals surface area contributed by atoms with Gasteiger partial charge in [-0.3, -0.25) is 9.69 Å². The van der Waals surface area contributed by atoms with E-state index < -0.39 is 10.0 Å². The molecule has 2 aliphatic heterocycles. The second-order valence-electron chi connectivity index (χ2n) is 9.43. The smallest absolute Gasteiger partial charge is 0.260 e. The van der Waals surface area contributed by atoms with Crippen LogP contribution < -0.4 is 4.90 Å². The van der Waals surface area contributed by atoms with Crippen LogP contribution in [0.25, 0.3) is 10.2 Å². The number of thiazole rings is 1. The van der Waals surface area contributed by atoms with Crippen LogP contribution in [0.15, 0.2) is 41.3 Å². The summed E-state index contributed by atoms with van der Waals surface area (Å²) in [7, 11) is -3.58. The van der Waals surface area contributed by atoms with Crippen molar-refractivity contribution in [1.82, 2.24) is 9.29 Å². The summed E-state index contributed by atoms with van der Waals surface area (Å²) in [5, 5.41) is 1.16. The van der Waals surface area contributed by atoms with Crippen molar-refractivity contribution in [3.05, 3.63) is 52.5 Å². The number of carbonyl (C=O) groups excluding carboxylic acids is 1. The summed E-state index contributed by atoms with van der Waals surface area (Å²) in [6.45, 7) is 4.11. The zero-order chi connectivity index (χ0) is 25.3. The van der Waals surface area contributed by atoms with Crippen LogP contribution in [0, 0.1) is 6.92 Å². The molecule has 3 heterocycles. The maximum atomic E-state index is 13.7. The average Bonchev–Trinajstić information content (AvgIpc) is 3.48. The van der Waals surface area contributed by atoms with E-state index in [2.05, 4.69) is 0 Å². The van der Waals surface area contributed by atoms with Gasteiger partial charge in [0.25, 0.3) is 5.91 Å². The number of amides is 1. The van der Waals surface area contributed by atoms with E-state index in [1.54, 1.807) is 21.3 Å². The van der Waals surface area contributed by atoms with Gasteiger partial charge < -0.3 is 4.74 Å². The van der Waals surface area contributed by atoms with Gasteiger partial charge >= 0.3 is 0 Å². The van der Waals surface area contributed by atoms with Crippen molar-refractivity contribution >= 4 is 54.2 Å². The zero-order valence-corrected chi connectivity index (χ0v) is 22.7. The third kappa shape index (κ3) is 5.17. The van der Waals surface area contributed by atoms with Gasteiger partial charge in [-0.15, -0.1) is 0 Å². The molecular formula is C26H30ClN3O4S2. The Labute approximate surface area is 221 Å². The highest BCUT2D eigenvalue weighted by atomic mass is 35.5. The lowest BCUT2D eigenvalue weighted by molar-refractivity contribution is 0.0917. The van der Waals surface area contributed by atoms with E-state index in [1.807, 2.05) is 19.1 Å². The van der Waals surface area contributed by atoms with E-state index in [9.17, 15) is 13.2 Å². The molecule has 1 unspecified atom stereocenters. The molecule has 0 saturated carbocycles. The predicted molar refractivity (Wildman–Crippen MR) is 144 cm³/mol. The lowest BCUT2D eigenvalue weighted by atomic mass is 10.2. The summed E-state index contributed by atoms with van der Waals surface area (Å²) >= 11 is 7.81. The van der Waals surface area contributed by atoms with E-state index in [1.165, 1.54) is 23.5 Å². The highest BCUT2D eigenvalue weighted by Crippen LogP contribution is 2.36. The molecule has 1 amide bonds. The van der Waals surface area contributed by atoms with Crippen LogP contribution in [0.4, 0.5) is 5.13 Å². The second-order valence-corrected chi connectivity index (χ2v) is 12.8. The topological polar surface area (TPSA) is 79.8 Å². The van der Waals surface area contributed by atoms with Crippen molar-refractivity contribution in [3.8, 4) is 0 Å². The molecule has 2 fully saturated rings. The van der Waals surface area contributed by atoms with Crippen molar-refractivity contribution in [1.29, 1.82) is 0 Å². The van der Waals surface area contributed by atoms with Crippen LogP contribution >= 0.6 is 22.9 Å². The van der Waals surface area contributed by atoms with Gasteiger partial charge in [-0.25, -0.2) is 13.4 Å². The van der Waals surface area contributed by atoms with Crippen molar-refractivity contribution in [2.75, 3.05) is 31.1 Å². The standard InChI is InChI=1S/C26H30ClN3O4S2/c1-18-8-13-22(27)24-23(18)28-26(35-24)30(17-20-7-6-16-34-20)25(31)19-9-11-21(12-10-19)36(32,33)29-14-4-2-3-5-15-29/h8-13,20H,2-7,14-17H2,1H3. The Morgan fingerprint density at radius 3 is 2.47 bits per heavy atom. The number of anilines is 1. The van der Waals surface area contributed by atoms with Gasteiger partial charge in [0.15, 0.2) is 5.13 Å². The Hall–Kier alpha value is -2.04. The van der Waals surface area contributed by atoms with Crippen LogP contribution in [0.1, 0.15) is 54.4 Å². The molecular weight excluding hydrogens is 518 g/mol. The number of halogens is 1. The number of ether oxygens (including phenoxy) is 1. The first-order chi connectivity index (χ1) is 17.3. The summed E-state index contributed by atoms with van der Waals surface area (Å²) in [6.07, 6.45) is 5.62. The van der Waals surface area contributed by atoms with Crippen LogP contribution in [0.3, 0.4) is 0 Å². The lowest BCUT2D eigenvalue weighted by Gasteiger charge is -2.23. The van der Waals surface area contributed by atoms with E-state index in [4.69, 9.17) is 21.3 Å². The number of sulfonamides is 1. The number of hydrogen-bond donors (Lipinski definition) is 0. The Bertz CT molecular complexity index is 1300. The summed E-state index contributed by atoms with van der Waals surface area (Å²) in [4.78, 5) is 20.4. The third-order valence-electron chi connectivity index (χ3n) is 6.88. The summed E-state index contributed by atoms with van der Waals surface area (Å²) in [6, 6.07) is 10.0. The SMILES string of the molecule is Cc1ccc(Cl)c2sc(N(CC3CCCO3)C(=O)c3ccc(S(=O)(=O)N4CCCCCC4)cc3)nc12. The number of aryl methyl sites for hydroxylation is 1. The normalized spacial score (nSPS) is 19.4. The molecule has 0 aliphatic carbocycles. The van der Waals surface area contributed by atoms with Crippen LogP contribution in [-0.4, -0.2) is 56.0 Å². The first-order valence-corrected chi connectivity index (χ1v) is 15.1. The van der Waals surface area contributed by atoms with Gasteiger partial charge in [0.2, 0.25) is 10.0 Å². The molecule has 3 aromatic rings. The summed E-state index contributed by atoms with van der Waals surface area (Å²) in [5.41, 5.74) is 2.18. The predicted octanol–water partition coefficient (Wildman–Crippen LogP) is 5.65. The maximum absolute atomic E-state index is 13.7. The van der Waals surface area contributed by atoms with E-state index in [0.29, 0.717) is 42.0 Å². The first kappa shape index (κ1) is 25.6. The lowest BCUT2D eigenvalue weighted by Crippen LogP contribution is -2.37. The Morgan fingerprint density at radius 1 is 1.11 bits per heavy atom. The molecule has 0 spiro atoms. The molecule has 0 bridgehead atoms. The average molecular weight is 548 g/mol. The molecule has 5 rings (SSSR count). The highest BCUT2D eigenvalue weighted by Gasteiger charge is 2.29. The quantitative estimate of drug-likeness (QED) is 0.398. The molecule has 10 heteroatoms. The third-order valence-corrected chi connectivity index (χ3v) is 10.3. The molecule has 0 radical (unpaired) electrons. The molecule has 7 nitrogen and oxygen atoms in total. The second kappa shape index (κ2) is 10.8. The number of carbonyl (C=O) groups is 1.